The van der Waals surface area contributed by atoms with Gasteiger partial charge in [0.2, 0.25) is 0 Å². The van der Waals surface area contributed by atoms with Crippen molar-refractivity contribution in [2.75, 3.05) is 13.2 Å². The van der Waals surface area contributed by atoms with Gasteiger partial charge in [-0.05, 0) is 24.6 Å². The summed E-state index contributed by atoms with van der Waals surface area (Å²) in [6.07, 6.45) is -2.27. The number of aliphatic hydroxyl groups is 1. The minimum Gasteiger partial charge on any atom is -0.507 e. The summed E-state index contributed by atoms with van der Waals surface area (Å²) >= 11 is 0. The first-order valence-corrected chi connectivity index (χ1v) is 8.13. The molecule has 0 aliphatic carbocycles. The van der Waals surface area contributed by atoms with Crippen molar-refractivity contribution >= 4 is 11.2 Å². The van der Waals surface area contributed by atoms with Gasteiger partial charge >= 0.3 is 6.18 Å². The Hall–Kier alpha value is -2.72. The first-order chi connectivity index (χ1) is 12.7. The lowest BCUT2D eigenvalue weighted by Crippen LogP contribution is -2.22. The summed E-state index contributed by atoms with van der Waals surface area (Å²) in [7, 11) is 0. The Balaban J connectivity index is 1.76. The quantitative estimate of drug-likeness (QED) is 0.710. The van der Waals surface area contributed by atoms with Crippen molar-refractivity contribution < 1.29 is 28.1 Å². The maximum absolute atomic E-state index is 12.9. The molecule has 0 spiro atoms. The Kier molecular flexibility index (Phi) is 4.04. The molecule has 142 valence electrons. The van der Waals surface area contributed by atoms with E-state index < -0.39 is 23.6 Å². The summed E-state index contributed by atoms with van der Waals surface area (Å²) in [4.78, 5) is 8.54. The molecule has 3 aromatic rings. The van der Waals surface area contributed by atoms with Crippen LogP contribution in [0.25, 0.3) is 22.4 Å². The van der Waals surface area contributed by atoms with Crippen molar-refractivity contribution in [3.05, 3.63) is 35.7 Å². The topological polar surface area (TPSA) is 93.3 Å². The van der Waals surface area contributed by atoms with E-state index in [4.69, 9.17) is 4.74 Å². The molecule has 2 N–H and O–H groups in total. The highest BCUT2D eigenvalue weighted by atomic mass is 19.4. The van der Waals surface area contributed by atoms with Gasteiger partial charge in [0.15, 0.2) is 5.65 Å². The lowest BCUT2D eigenvalue weighted by Gasteiger charge is -2.12. The monoisotopic (exact) mass is 380 g/mol. The molecule has 2 aromatic heterocycles. The van der Waals surface area contributed by atoms with Crippen LogP contribution >= 0.6 is 0 Å². The van der Waals surface area contributed by atoms with Gasteiger partial charge < -0.3 is 14.9 Å². The van der Waals surface area contributed by atoms with Crippen LogP contribution in [0, 0.1) is 6.92 Å². The molecule has 1 fully saturated rings. The van der Waals surface area contributed by atoms with E-state index in [1.807, 2.05) is 0 Å². The number of aromatic nitrogens is 4. The third-order valence-electron chi connectivity index (χ3n) is 4.51. The fraction of sp³-hybridized carbons (Fsp3) is 0.353. The normalized spacial score (nSPS) is 20.5. The average molecular weight is 380 g/mol. The minimum absolute atomic E-state index is 0.163. The molecule has 2 unspecified atom stereocenters. The molecule has 2 atom stereocenters. The van der Waals surface area contributed by atoms with E-state index in [2.05, 4.69) is 15.1 Å². The zero-order valence-electron chi connectivity index (χ0n) is 14.1. The number of phenolic OH excluding ortho intramolecular Hbond substituents is 1. The Bertz CT molecular complexity index is 995. The maximum atomic E-state index is 12.9. The average Bonchev–Trinajstić information content (AvgIpc) is 3.18. The van der Waals surface area contributed by atoms with E-state index >= 15 is 0 Å². The van der Waals surface area contributed by atoms with Crippen molar-refractivity contribution in [1.29, 1.82) is 0 Å². The third kappa shape index (κ3) is 3.10. The number of halogens is 3. The van der Waals surface area contributed by atoms with Gasteiger partial charge in [-0.25, -0.2) is 9.97 Å². The van der Waals surface area contributed by atoms with Gasteiger partial charge in [-0.3, -0.25) is 4.68 Å². The molecule has 1 saturated heterocycles. The predicted molar refractivity (Wildman–Crippen MR) is 88.0 cm³/mol. The van der Waals surface area contributed by atoms with Crippen LogP contribution in [0.1, 0.15) is 17.2 Å². The number of phenols is 1. The van der Waals surface area contributed by atoms with E-state index in [1.165, 1.54) is 17.8 Å². The van der Waals surface area contributed by atoms with Crippen LogP contribution in [-0.4, -0.2) is 49.3 Å². The molecule has 4 rings (SSSR count). The van der Waals surface area contributed by atoms with Gasteiger partial charge in [-0.2, -0.15) is 18.3 Å². The molecular formula is C17H15F3N4O3. The largest absolute Gasteiger partial charge is 0.507 e. The third-order valence-corrected chi connectivity index (χ3v) is 4.51. The van der Waals surface area contributed by atoms with Crippen LogP contribution in [0.4, 0.5) is 13.2 Å². The van der Waals surface area contributed by atoms with E-state index in [1.54, 1.807) is 6.20 Å². The van der Waals surface area contributed by atoms with Crippen LogP contribution in [0.5, 0.6) is 5.75 Å². The summed E-state index contributed by atoms with van der Waals surface area (Å²) < 4.78 is 45.4. The molecule has 1 aliphatic heterocycles. The van der Waals surface area contributed by atoms with E-state index in [-0.39, 0.29) is 35.1 Å². The number of aryl methyl sites for hydroxylation is 1. The highest BCUT2D eigenvalue weighted by molar-refractivity contribution is 5.77. The molecule has 0 saturated carbocycles. The number of hydrogen-bond donors (Lipinski definition) is 2. The van der Waals surface area contributed by atoms with Crippen LogP contribution in [0.3, 0.4) is 0 Å². The number of fused-ring (bicyclic) bond motifs is 1. The number of rotatable bonds is 2. The van der Waals surface area contributed by atoms with Crippen LogP contribution in [-0.2, 0) is 10.9 Å². The maximum Gasteiger partial charge on any atom is 0.416 e. The van der Waals surface area contributed by atoms with Crippen molar-refractivity contribution in [1.82, 2.24) is 19.7 Å². The molecule has 1 aliphatic rings. The van der Waals surface area contributed by atoms with E-state index in [9.17, 15) is 23.4 Å². The fourth-order valence-corrected chi connectivity index (χ4v) is 3.16. The number of aromatic hydroxyl groups is 1. The van der Waals surface area contributed by atoms with Gasteiger partial charge in [0.1, 0.15) is 23.4 Å². The summed E-state index contributed by atoms with van der Waals surface area (Å²) in [6.45, 7) is 1.98. The number of nitrogens with zero attached hydrogens (tertiary/aromatic N) is 4. The second-order valence-corrected chi connectivity index (χ2v) is 6.43. The van der Waals surface area contributed by atoms with Crippen molar-refractivity contribution in [3.8, 4) is 17.0 Å². The first-order valence-electron chi connectivity index (χ1n) is 8.13. The van der Waals surface area contributed by atoms with Crippen molar-refractivity contribution in [3.63, 3.8) is 0 Å². The Morgan fingerprint density at radius 3 is 2.67 bits per heavy atom. The predicted octanol–water partition coefficient (Wildman–Crippen LogP) is 2.46. The minimum atomic E-state index is -4.56. The lowest BCUT2D eigenvalue weighted by atomic mass is 10.0. The van der Waals surface area contributed by atoms with Gasteiger partial charge in [-0.15, -0.1) is 0 Å². The highest BCUT2D eigenvalue weighted by Crippen LogP contribution is 2.38. The summed E-state index contributed by atoms with van der Waals surface area (Å²) in [5.74, 6) is -0.532. The molecule has 0 amide bonds. The van der Waals surface area contributed by atoms with Crippen molar-refractivity contribution in [2.45, 2.75) is 25.2 Å². The molecule has 3 heterocycles. The van der Waals surface area contributed by atoms with Gasteiger partial charge in [0.05, 0.1) is 36.9 Å². The van der Waals surface area contributed by atoms with Crippen LogP contribution in [0.15, 0.2) is 24.5 Å². The smallest absolute Gasteiger partial charge is 0.416 e. The number of ether oxygens (including phenoxy) is 1. The zero-order chi connectivity index (χ0) is 19.3. The van der Waals surface area contributed by atoms with E-state index in [0.717, 1.165) is 6.07 Å². The number of alkyl halides is 3. The Morgan fingerprint density at radius 1 is 1.26 bits per heavy atom. The molecule has 1 aromatic carbocycles. The molecule has 0 radical (unpaired) electrons. The Labute approximate surface area is 151 Å². The first kappa shape index (κ1) is 17.7. The second kappa shape index (κ2) is 6.17. The molecular weight excluding hydrogens is 365 g/mol. The SMILES string of the molecule is Cc1cc(C(F)(F)F)cc(O)c1-c1cnc2cn(C3COCC3O)nc2n1. The second-order valence-electron chi connectivity index (χ2n) is 6.43. The van der Waals surface area contributed by atoms with Crippen LogP contribution in [0.2, 0.25) is 0 Å². The van der Waals surface area contributed by atoms with Gasteiger partial charge in [0, 0.05) is 5.56 Å². The standard InChI is InChI=1S/C17H15F3N4O3/c1-8-2-9(17(18,19)20)3-13(25)15(8)10-4-21-11-5-24(23-16(11)22-10)12-6-27-7-14(12)26/h2-5,12,14,25-26H,6-7H2,1H3. The lowest BCUT2D eigenvalue weighted by molar-refractivity contribution is -0.137. The number of hydrogen-bond acceptors (Lipinski definition) is 6. The zero-order valence-corrected chi connectivity index (χ0v) is 14.1. The number of benzene rings is 1. The summed E-state index contributed by atoms with van der Waals surface area (Å²) in [5.41, 5.74) is 0.368. The van der Waals surface area contributed by atoms with Crippen LogP contribution < -0.4 is 0 Å². The highest BCUT2D eigenvalue weighted by Gasteiger charge is 2.32. The summed E-state index contributed by atoms with van der Waals surface area (Å²) in [6, 6.07) is 1.26. The summed E-state index contributed by atoms with van der Waals surface area (Å²) in [5, 5.41) is 24.3. The molecule has 27 heavy (non-hydrogen) atoms. The van der Waals surface area contributed by atoms with E-state index in [0.29, 0.717) is 18.2 Å². The Morgan fingerprint density at radius 2 is 2.04 bits per heavy atom. The van der Waals surface area contributed by atoms with Gasteiger partial charge in [-0.1, -0.05) is 0 Å². The van der Waals surface area contributed by atoms with Crippen molar-refractivity contribution in [2.24, 2.45) is 0 Å². The van der Waals surface area contributed by atoms with Gasteiger partial charge in [0.25, 0.3) is 0 Å². The molecule has 0 bridgehead atoms. The molecule has 7 nitrogen and oxygen atoms in total. The number of aliphatic hydroxyl groups excluding tert-OH is 1. The fourth-order valence-electron chi connectivity index (χ4n) is 3.16. The molecule has 10 heteroatoms.